The molecule has 0 unspecified atom stereocenters. The Morgan fingerprint density at radius 1 is 0.800 bits per heavy atom. The molecule has 0 spiro atoms. The average Bonchev–Trinajstić information content (AvgIpc) is 2.87. The fourth-order valence-electron chi connectivity index (χ4n) is 4.16. The second-order valence-corrected chi connectivity index (χ2v) is 8.07. The summed E-state index contributed by atoms with van der Waals surface area (Å²) < 4.78 is 0. The Labute approximate surface area is 201 Å². The lowest BCUT2D eigenvalue weighted by atomic mass is 9.81. The number of aryl methyl sites for hydroxylation is 1. The number of azide groups is 1. The first-order chi connectivity index (χ1) is 17.1. The van der Waals surface area contributed by atoms with Gasteiger partial charge in [-0.15, -0.1) is 0 Å². The second-order valence-electron chi connectivity index (χ2n) is 8.07. The van der Waals surface area contributed by atoms with Crippen LogP contribution in [-0.2, 0) is 0 Å². The van der Waals surface area contributed by atoms with Crippen LogP contribution in [0.15, 0.2) is 90.0 Å². The zero-order chi connectivity index (χ0) is 24.4. The van der Waals surface area contributed by atoms with Crippen molar-refractivity contribution in [2.75, 3.05) is 5.32 Å². The van der Waals surface area contributed by atoms with Gasteiger partial charge in [-0.05, 0) is 48.4 Å². The molecule has 0 aliphatic heterocycles. The minimum absolute atomic E-state index is 0.0496. The maximum absolute atomic E-state index is 13.6. The van der Waals surface area contributed by atoms with E-state index in [-0.39, 0.29) is 33.9 Å². The zero-order valence-corrected chi connectivity index (χ0v) is 18.7. The Morgan fingerprint density at radius 3 is 2.17 bits per heavy atom. The van der Waals surface area contributed by atoms with Crippen LogP contribution in [0.25, 0.3) is 10.4 Å². The molecule has 35 heavy (non-hydrogen) atoms. The van der Waals surface area contributed by atoms with Crippen molar-refractivity contribution >= 4 is 28.6 Å². The van der Waals surface area contributed by atoms with Gasteiger partial charge in [-0.3, -0.25) is 9.59 Å². The molecule has 6 nitrogen and oxygen atoms in total. The fraction of sp³-hybridized carbons (Fsp3) is 0.0345. The molecule has 1 aliphatic carbocycles. The van der Waals surface area contributed by atoms with E-state index < -0.39 is 0 Å². The molecule has 166 valence electrons. The van der Waals surface area contributed by atoms with Crippen molar-refractivity contribution in [3.63, 3.8) is 0 Å². The number of nitrogens with one attached hydrogen (secondary N) is 1. The first kappa shape index (κ1) is 21.7. The third-order valence-electron chi connectivity index (χ3n) is 5.73. The highest BCUT2D eigenvalue weighted by Gasteiger charge is 2.34. The zero-order valence-electron chi connectivity index (χ0n) is 18.7. The maximum Gasteiger partial charge on any atom is 0.196 e. The van der Waals surface area contributed by atoms with E-state index in [9.17, 15) is 15.1 Å². The summed E-state index contributed by atoms with van der Waals surface area (Å²) in [5.74, 6) is 5.40. The molecular formula is C29H18N4O2. The number of rotatable bonds is 3. The third-order valence-corrected chi connectivity index (χ3v) is 5.73. The molecule has 0 aromatic heterocycles. The predicted molar refractivity (Wildman–Crippen MR) is 135 cm³/mol. The van der Waals surface area contributed by atoms with Crippen LogP contribution in [0, 0.1) is 18.8 Å². The number of ketones is 2. The largest absolute Gasteiger partial charge is 0.355 e. The van der Waals surface area contributed by atoms with Gasteiger partial charge in [-0.2, -0.15) is 0 Å². The summed E-state index contributed by atoms with van der Waals surface area (Å²) >= 11 is 0. The maximum atomic E-state index is 13.6. The fourth-order valence-corrected chi connectivity index (χ4v) is 4.16. The number of nitrogens with zero attached hydrogens (tertiary/aromatic N) is 3. The van der Waals surface area contributed by atoms with Gasteiger partial charge >= 0.3 is 0 Å². The van der Waals surface area contributed by atoms with Crippen molar-refractivity contribution in [3.8, 4) is 11.8 Å². The summed E-state index contributed by atoms with van der Waals surface area (Å²) in [5.41, 5.74) is 13.5. The van der Waals surface area contributed by atoms with Crippen LogP contribution in [0.4, 0.5) is 17.1 Å². The van der Waals surface area contributed by atoms with E-state index in [4.69, 9.17) is 0 Å². The van der Waals surface area contributed by atoms with Crippen molar-refractivity contribution in [2.24, 2.45) is 5.11 Å². The summed E-state index contributed by atoms with van der Waals surface area (Å²) in [7, 11) is 0. The molecule has 1 N–H and O–H groups in total. The number of fused-ring (bicyclic) bond motifs is 2. The van der Waals surface area contributed by atoms with Gasteiger partial charge in [0.1, 0.15) is 0 Å². The quantitative estimate of drug-likeness (QED) is 0.140. The van der Waals surface area contributed by atoms with Crippen LogP contribution in [0.3, 0.4) is 0 Å². The number of hydrogen-bond acceptors (Lipinski definition) is 4. The highest BCUT2D eigenvalue weighted by Crippen LogP contribution is 2.41. The molecule has 6 heteroatoms. The number of benzene rings is 4. The van der Waals surface area contributed by atoms with Crippen molar-refractivity contribution in [2.45, 2.75) is 6.92 Å². The van der Waals surface area contributed by atoms with E-state index >= 15 is 0 Å². The van der Waals surface area contributed by atoms with Gasteiger partial charge in [0.25, 0.3) is 0 Å². The number of carbonyl (C=O) groups is 2. The van der Waals surface area contributed by atoms with Gasteiger partial charge in [0, 0.05) is 38.4 Å². The molecule has 0 radical (unpaired) electrons. The van der Waals surface area contributed by atoms with Gasteiger partial charge in [0.05, 0.1) is 16.9 Å². The second kappa shape index (κ2) is 9.03. The summed E-state index contributed by atoms with van der Waals surface area (Å²) in [6.07, 6.45) is 0. The minimum Gasteiger partial charge on any atom is -0.355 e. The lowest BCUT2D eigenvalue weighted by molar-refractivity contribution is 0.0980. The molecule has 1 aliphatic rings. The molecule has 0 fully saturated rings. The summed E-state index contributed by atoms with van der Waals surface area (Å²) in [5, 5.41) is 7.12. The highest BCUT2D eigenvalue weighted by molar-refractivity contribution is 6.32. The van der Waals surface area contributed by atoms with Crippen LogP contribution < -0.4 is 5.32 Å². The SMILES string of the molecule is Cc1cccc(Nc2cc(C#Cc3ccccc3)c(N=[N+]=[N-])c3c2C(=O)c2ccccc2C3=O)c1. The summed E-state index contributed by atoms with van der Waals surface area (Å²) in [6.45, 7) is 1.97. The third kappa shape index (κ3) is 4.04. The van der Waals surface area contributed by atoms with E-state index in [2.05, 4.69) is 27.2 Å². The van der Waals surface area contributed by atoms with E-state index in [1.807, 2.05) is 61.5 Å². The molecule has 0 atom stereocenters. The van der Waals surface area contributed by atoms with Crippen LogP contribution in [0.5, 0.6) is 0 Å². The molecule has 0 saturated heterocycles. The van der Waals surface area contributed by atoms with Gasteiger partial charge < -0.3 is 5.32 Å². The number of carbonyl (C=O) groups excluding carboxylic acids is 2. The van der Waals surface area contributed by atoms with Gasteiger partial charge in [-0.1, -0.05) is 71.6 Å². The molecule has 5 rings (SSSR count). The predicted octanol–water partition coefficient (Wildman–Crippen LogP) is 6.86. The standard InChI is InChI=1S/C29H18N4O2/c1-18-8-7-11-21(16-18)31-24-17-20(15-14-19-9-3-2-4-10-19)27(32-33-30)26-25(24)28(34)22-12-5-6-13-23(22)29(26)35/h2-13,16-17,31H,1H3. The molecule has 0 bridgehead atoms. The van der Waals surface area contributed by atoms with Crippen molar-refractivity contribution in [1.29, 1.82) is 0 Å². The number of hydrogen-bond donors (Lipinski definition) is 1. The Kier molecular flexibility index (Phi) is 5.60. The van der Waals surface area contributed by atoms with E-state index in [0.717, 1.165) is 16.8 Å². The monoisotopic (exact) mass is 454 g/mol. The average molecular weight is 454 g/mol. The molecule has 0 amide bonds. The first-order valence-electron chi connectivity index (χ1n) is 10.9. The van der Waals surface area contributed by atoms with Crippen molar-refractivity contribution < 1.29 is 9.59 Å². The van der Waals surface area contributed by atoms with Crippen LogP contribution in [-0.4, -0.2) is 11.6 Å². The van der Waals surface area contributed by atoms with Crippen molar-refractivity contribution in [3.05, 3.63) is 134 Å². The van der Waals surface area contributed by atoms with Crippen LogP contribution >= 0.6 is 0 Å². The summed E-state index contributed by atoms with van der Waals surface area (Å²) in [4.78, 5) is 30.2. The number of anilines is 2. The van der Waals surface area contributed by atoms with Gasteiger partial charge in [-0.25, -0.2) is 0 Å². The summed E-state index contributed by atoms with van der Waals surface area (Å²) in [6, 6.07) is 25.3. The Hall–Kier alpha value is -5.11. The minimum atomic E-state index is -0.381. The molecule has 4 aromatic carbocycles. The Bertz CT molecular complexity index is 1620. The van der Waals surface area contributed by atoms with Gasteiger partial charge in [0.15, 0.2) is 11.6 Å². The Balaban J connectivity index is 1.79. The first-order valence-corrected chi connectivity index (χ1v) is 10.9. The van der Waals surface area contributed by atoms with E-state index in [1.54, 1.807) is 30.3 Å². The molecule has 4 aromatic rings. The van der Waals surface area contributed by atoms with Gasteiger partial charge in [0.2, 0.25) is 0 Å². The smallest absolute Gasteiger partial charge is 0.196 e. The van der Waals surface area contributed by atoms with Crippen LogP contribution in [0.2, 0.25) is 0 Å². The molecule has 0 saturated carbocycles. The molecular weight excluding hydrogens is 436 g/mol. The molecule has 0 heterocycles. The topological polar surface area (TPSA) is 94.9 Å². The highest BCUT2D eigenvalue weighted by atomic mass is 16.1. The normalized spacial score (nSPS) is 11.5. The van der Waals surface area contributed by atoms with E-state index in [0.29, 0.717) is 16.8 Å². The van der Waals surface area contributed by atoms with E-state index in [1.165, 1.54) is 0 Å². The lowest BCUT2D eigenvalue weighted by Gasteiger charge is -2.23. The van der Waals surface area contributed by atoms with Crippen molar-refractivity contribution in [1.82, 2.24) is 0 Å². The Morgan fingerprint density at radius 2 is 1.49 bits per heavy atom. The van der Waals surface area contributed by atoms with Crippen LogP contribution in [0.1, 0.15) is 48.5 Å². The lowest BCUT2D eigenvalue weighted by Crippen LogP contribution is -2.22.